The predicted octanol–water partition coefficient (Wildman–Crippen LogP) is -0.913. The van der Waals surface area contributed by atoms with Gasteiger partial charge >= 0.3 is 0 Å². The molecular weight excluding hydrogens is 326 g/mol. The largest absolute Gasteiger partial charge is 0.353 e. The van der Waals surface area contributed by atoms with Crippen LogP contribution in [-0.4, -0.2) is 52.8 Å². The summed E-state index contributed by atoms with van der Waals surface area (Å²) in [6.45, 7) is 2.07. The van der Waals surface area contributed by atoms with Crippen LogP contribution in [0.15, 0.2) is 9.63 Å². The zero-order valence-electron chi connectivity index (χ0n) is 9.79. The highest BCUT2D eigenvalue weighted by Gasteiger charge is 2.38. The van der Waals surface area contributed by atoms with Crippen LogP contribution in [0.5, 0.6) is 0 Å². The summed E-state index contributed by atoms with van der Waals surface area (Å²) in [6, 6.07) is -0.745. The molecule has 1 unspecified atom stereocenters. The second-order valence-electron chi connectivity index (χ2n) is 3.89. The zero-order valence-corrected chi connectivity index (χ0v) is 12.2. The van der Waals surface area contributed by atoms with Crippen molar-refractivity contribution in [3.63, 3.8) is 0 Å². The van der Waals surface area contributed by atoms with Crippen LogP contribution in [0.25, 0.3) is 0 Å². The number of piperazine rings is 1. The monoisotopic (exact) mass is 337 g/mol. The van der Waals surface area contributed by atoms with Crippen LogP contribution < -0.4 is 5.32 Å². The van der Waals surface area contributed by atoms with Crippen molar-refractivity contribution in [2.75, 3.05) is 13.1 Å². The Bertz CT molecular complexity index is 564. The number of aromatic nitrogens is 3. The molecular formula is C8H12BrN5O3S. The predicted molar refractivity (Wildman–Crippen MR) is 65.1 cm³/mol. The van der Waals surface area contributed by atoms with E-state index in [2.05, 4.69) is 31.6 Å². The van der Waals surface area contributed by atoms with Crippen LogP contribution in [0, 0.1) is 0 Å². The Morgan fingerprint density at radius 3 is 2.72 bits per heavy atom. The molecule has 1 aromatic rings. The molecule has 0 aromatic carbocycles. The molecule has 1 N–H and O–H groups in total. The molecule has 0 radical (unpaired) electrons. The first kappa shape index (κ1) is 13.4. The molecule has 10 heteroatoms. The first-order valence-electron chi connectivity index (χ1n) is 5.20. The third kappa shape index (κ3) is 2.04. The molecule has 0 saturated carbocycles. The van der Waals surface area contributed by atoms with Gasteiger partial charge in [-0.2, -0.15) is 4.31 Å². The van der Waals surface area contributed by atoms with Gasteiger partial charge in [-0.15, -0.1) is 5.10 Å². The maximum atomic E-state index is 12.5. The quantitative estimate of drug-likeness (QED) is 0.753. The van der Waals surface area contributed by atoms with Gasteiger partial charge in [-0.05, 0) is 22.9 Å². The smallest absolute Gasteiger partial charge is 0.263 e. The van der Waals surface area contributed by atoms with Crippen LogP contribution >= 0.6 is 15.9 Å². The standard InChI is InChI=1S/C8H12BrN5O3S/c1-5-7(15)10-3-4-14(5)18(16,17)8-6(9)11-12-13(8)2/h5H,3-4H2,1-2H3,(H,10,15). The Kier molecular flexibility index (Phi) is 3.43. The summed E-state index contributed by atoms with van der Waals surface area (Å²) in [4.78, 5) is 11.5. The van der Waals surface area contributed by atoms with Crippen LogP contribution in [-0.2, 0) is 21.9 Å². The zero-order chi connectivity index (χ0) is 13.5. The second-order valence-corrected chi connectivity index (χ2v) is 6.45. The van der Waals surface area contributed by atoms with E-state index in [9.17, 15) is 13.2 Å². The number of aryl methyl sites for hydroxylation is 1. The maximum absolute atomic E-state index is 12.5. The molecule has 2 heterocycles. The van der Waals surface area contributed by atoms with E-state index in [0.717, 1.165) is 4.31 Å². The van der Waals surface area contributed by atoms with E-state index >= 15 is 0 Å². The first-order valence-corrected chi connectivity index (χ1v) is 7.43. The van der Waals surface area contributed by atoms with Gasteiger partial charge in [0.2, 0.25) is 10.9 Å². The van der Waals surface area contributed by atoms with Crippen LogP contribution in [0.4, 0.5) is 0 Å². The second kappa shape index (κ2) is 4.59. The van der Waals surface area contributed by atoms with E-state index in [1.165, 1.54) is 11.7 Å². The van der Waals surface area contributed by atoms with E-state index in [-0.39, 0.29) is 22.1 Å². The molecule has 1 aliphatic rings. The molecule has 2 rings (SSSR count). The van der Waals surface area contributed by atoms with E-state index < -0.39 is 16.1 Å². The van der Waals surface area contributed by atoms with Crippen molar-refractivity contribution in [3.05, 3.63) is 4.60 Å². The van der Waals surface area contributed by atoms with E-state index in [0.29, 0.717) is 6.54 Å². The fraction of sp³-hybridized carbons (Fsp3) is 0.625. The molecule has 1 fully saturated rings. The molecule has 0 bridgehead atoms. The van der Waals surface area contributed by atoms with E-state index in [1.807, 2.05) is 0 Å². The molecule has 1 aromatic heterocycles. The molecule has 18 heavy (non-hydrogen) atoms. The number of nitrogens with zero attached hydrogens (tertiary/aromatic N) is 4. The van der Waals surface area contributed by atoms with Gasteiger partial charge in [0.25, 0.3) is 10.0 Å². The fourth-order valence-electron chi connectivity index (χ4n) is 1.80. The third-order valence-electron chi connectivity index (χ3n) is 2.73. The lowest BCUT2D eigenvalue weighted by atomic mass is 10.2. The third-order valence-corrected chi connectivity index (χ3v) is 5.59. The lowest BCUT2D eigenvalue weighted by Crippen LogP contribution is -2.55. The number of rotatable bonds is 2. The Morgan fingerprint density at radius 2 is 2.17 bits per heavy atom. The molecule has 100 valence electrons. The number of carbonyl (C=O) groups is 1. The molecule has 0 aliphatic carbocycles. The minimum absolute atomic E-state index is 0.0518. The van der Waals surface area contributed by atoms with Crippen molar-refractivity contribution in [1.82, 2.24) is 24.6 Å². The Morgan fingerprint density at radius 1 is 1.50 bits per heavy atom. The lowest BCUT2D eigenvalue weighted by Gasteiger charge is -2.31. The van der Waals surface area contributed by atoms with Crippen LogP contribution in [0.2, 0.25) is 0 Å². The van der Waals surface area contributed by atoms with Crippen LogP contribution in [0.3, 0.4) is 0 Å². The number of carbonyl (C=O) groups excluding carboxylic acids is 1. The Labute approximate surface area is 113 Å². The van der Waals surface area contributed by atoms with Gasteiger partial charge in [-0.1, -0.05) is 5.21 Å². The summed E-state index contributed by atoms with van der Waals surface area (Å²) in [5.41, 5.74) is 0. The van der Waals surface area contributed by atoms with Gasteiger partial charge in [0, 0.05) is 20.1 Å². The number of amides is 1. The number of hydrogen-bond donors (Lipinski definition) is 1. The fourth-order valence-corrected chi connectivity index (χ4v) is 4.43. The first-order chi connectivity index (χ1) is 8.35. The van der Waals surface area contributed by atoms with Gasteiger partial charge in [-0.3, -0.25) is 4.79 Å². The number of nitrogens with one attached hydrogen (secondary N) is 1. The average Bonchev–Trinajstić information content (AvgIpc) is 2.62. The van der Waals surface area contributed by atoms with Crippen molar-refractivity contribution in [3.8, 4) is 0 Å². The van der Waals surface area contributed by atoms with Gasteiger partial charge in [0.1, 0.15) is 6.04 Å². The summed E-state index contributed by atoms with van der Waals surface area (Å²) < 4.78 is 27.4. The maximum Gasteiger partial charge on any atom is 0.263 e. The summed E-state index contributed by atoms with van der Waals surface area (Å²) in [7, 11) is -2.31. The summed E-state index contributed by atoms with van der Waals surface area (Å²) in [5.74, 6) is -0.309. The summed E-state index contributed by atoms with van der Waals surface area (Å²) in [6.07, 6.45) is 0. The Balaban J connectivity index is 2.46. The molecule has 1 saturated heterocycles. The average molecular weight is 338 g/mol. The molecule has 0 spiro atoms. The lowest BCUT2D eigenvalue weighted by molar-refractivity contribution is -0.126. The SMILES string of the molecule is CC1C(=O)NCCN1S(=O)(=O)c1c(Br)nnn1C. The molecule has 8 nitrogen and oxygen atoms in total. The summed E-state index contributed by atoms with van der Waals surface area (Å²) >= 11 is 3.05. The number of halogens is 1. The van der Waals surface area contributed by atoms with Gasteiger partial charge in [-0.25, -0.2) is 13.1 Å². The Hall–Kier alpha value is -1.00. The molecule has 1 atom stereocenters. The molecule has 1 aliphatic heterocycles. The highest BCUT2D eigenvalue weighted by atomic mass is 79.9. The number of hydrogen-bond acceptors (Lipinski definition) is 5. The van der Waals surface area contributed by atoms with Gasteiger partial charge in [0.05, 0.1) is 0 Å². The van der Waals surface area contributed by atoms with Gasteiger partial charge in [0.15, 0.2) is 4.60 Å². The highest BCUT2D eigenvalue weighted by Crippen LogP contribution is 2.24. The van der Waals surface area contributed by atoms with Crippen molar-refractivity contribution in [2.45, 2.75) is 18.0 Å². The minimum Gasteiger partial charge on any atom is -0.353 e. The summed E-state index contributed by atoms with van der Waals surface area (Å²) in [5, 5.41) is 9.84. The topological polar surface area (TPSA) is 97.2 Å². The highest BCUT2D eigenvalue weighted by molar-refractivity contribution is 9.10. The normalized spacial score (nSPS) is 21.9. The van der Waals surface area contributed by atoms with Gasteiger partial charge < -0.3 is 5.32 Å². The van der Waals surface area contributed by atoms with Crippen molar-refractivity contribution in [2.24, 2.45) is 7.05 Å². The van der Waals surface area contributed by atoms with E-state index in [1.54, 1.807) is 6.92 Å². The van der Waals surface area contributed by atoms with Crippen molar-refractivity contribution >= 4 is 31.9 Å². The minimum atomic E-state index is -3.80. The number of sulfonamides is 1. The van der Waals surface area contributed by atoms with E-state index in [4.69, 9.17) is 0 Å². The molecule has 1 amide bonds. The van der Waals surface area contributed by atoms with Crippen LogP contribution in [0.1, 0.15) is 6.92 Å². The van der Waals surface area contributed by atoms with Crippen molar-refractivity contribution in [1.29, 1.82) is 0 Å². The van der Waals surface area contributed by atoms with Crippen molar-refractivity contribution < 1.29 is 13.2 Å².